The lowest BCUT2D eigenvalue weighted by atomic mass is 9.77. The van der Waals surface area contributed by atoms with Crippen LogP contribution in [0.5, 0.6) is 0 Å². The van der Waals surface area contributed by atoms with Crippen molar-refractivity contribution in [3.05, 3.63) is 12.7 Å². The molecule has 0 amide bonds. The number of fused-ring (bicyclic) bond motifs is 1. The minimum Gasteiger partial charge on any atom is -0.468 e. The van der Waals surface area contributed by atoms with E-state index in [1.807, 2.05) is 0 Å². The predicted molar refractivity (Wildman–Crippen MR) is 84.3 cm³/mol. The van der Waals surface area contributed by atoms with E-state index in [9.17, 15) is 9.90 Å². The van der Waals surface area contributed by atoms with E-state index in [-0.39, 0.29) is 6.61 Å². The molecule has 1 N–H and O–H groups in total. The first-order valence-corrected chi connectivity index (χ1v) is 8.29. The maximum Gasteiger partial charge on any atom is 0.315 e. The lowest BCUT2D eigenvalue weighted by Crippen LogP contribution is -2.60. The fraction of sp³-hybridized carbons (Fsp3) is 0.824. The summed E-state index contributed by atoms with van der Waals surface area (Å²) < 4.78 is 33.8. The van der Waals surface area contributed by atoms with Gasteiger partial charge in [-0.3, -0.25) is 4.79 Å². The minimum atomic E-state index is -1.78. The average Bonchev–Trinajstić information content (AvgIpc) is 3.10. The highest BCUT2D eigenvalue weighted by atomic mass is 16.8. The van der Waals surface area contributed by atoms with Crippen LogP contribution in [0.1, 0.15) is 27.7 Å². The van der Waals surface area contributed by atoms with Crippen LogP contribution in [0.4, 0.5) is 0 Å². The van der Waals surface area contributed by atoms with Gasteiger partial charge in [-0.25, -0.2) is 0 Å². The fourth-order valence-electron chi connectivity index (χ4n) is 3.76. The third-order valence-corrected chi connectivity index (χ3v) is 4.81. The number of esters is 1. The van der Waals surface area contributed by atoms with Crippen molar-refractivity contribution in [1.29, 1.82) is 0 Å². The molecular weight excluding hydrogens is 332 g/mol. The Balaban J connectivity index is 1.97. The molecule has 0 bridgehead atoms. The Hall–Kier alpha value is -1.03. The molecule has 3 saturated heterocycles. The number of aliphatic hydroxyl groups is 1. The lowest BCUT2D eigenvalue weighted by molar-refractivity contribution is -0.254. The van der Waals surface area contributed by atoms with E-state index >= 15 is 0 Å². The Morgan fingerprint density at radius 1 is 1.20 bits per heavy atom. The molecule has 0 spiro atoms. The van der Waals surface area contributed by atoms with Gasteiger partial charge in [0.1, 0.15) is 29.8 Å². The van der Waals surface area contributed by atoms with Gasteiger partial charge >= 0.3 is 5.97 Å². The van der Waals surface area contributed by atoms with Gasteiger partial charge < -0.3 is 33.5 Å². The minimum absolute atomic E-state index is 0.202. The summed E-state index contributed by atoms with van der Waals surface area (Å²) in [4.78, 5) is 12.3. The van der Waals surface area contributed by atoms with Crippen LogP contribution in [0.3, 0.4) is 0 Å². The number of carbonyl (C=O) groups excluding carboxylic acids is 1. The summed E-state index contributed by atoms with van der Waals surface area (Å²) in [6, 6.07) is 0. The molecule has 0 saturated carbocycles. The van der Waals surface area contributed by atoms with Crippen LogP contribution in [0.15, 0.2) is 12.7 Å². The van der Waals surface area contributed by atoms with Crippen LogP contribution in [-0.2, 0) is 33.2 Å². The average molecular weight is 358 g/mol. The normalized spacial score (nSPS) is 42.8. The smallest absolute Gasteiger partial charge is 0.315 e. The van der Waals surface area contributed by atoms with Gasteiger partial charge in [0.25, 0.3) is 0 Å². The van der Waals surface area contributed by atoms with Crippen molar-refractivity contribution in [2.24, 2.45) is 5.92 Å². The van der Waals surface area contributed by atoms with Crippen LogP contribution in [0, 0.1) is 5.92 Å². The Labute approximate surface area is 147 Å². The Morgan fingerprint density at radius 3 is 2.40 bits per heavy atom. The summed E-state index contributed by atoms with van der Waals surface area (Å²) in [6.07, 6.45) is -1.93. The molecule has 3 heterocycles. The molecule has 25 heavy (non-hydrogen) atoms. The van der Waals surface area contributed by atoms with Gasteiger partial charge in [-0.05, 0) is 27.7 Å². The summed E-state index contributed by atoms with van der Waals surface area (Å²) in [5.41, 5.74) is -1.78. The van der Waals surface area contributed by atoms with Crippen LogP contribution in [0.25, 0.3) is 0 Å². The highest BCUT2D eigenvalue weighted by Gasteiger charge is 2.69. The number of hydrogen-bond donors (Lipinski definition) is 1. The largest absolute Gasteiger partial charge is 0.468 e. The van der Waals surface area contributed by atoms with Crippen molar-refractivity contribution in [1.82, 2.24) is 0 Å². The third-order valence-electron chi connectivity index (χ3n) is 4.81. The molecular formula is C17H26O8. The van der Waals surface area contributed by atoms with Crippen molar-refractivity contribution in [2.45, 2.75) is 69.5 Å². The van der Waals surface area contributed by atoms with Crippen LogP contribution < -0.4 is 0 Å². The van der Waals surface area contributed by atoms with Crippen molar-refractivity contribution in [2.75, 3.05) is 13.7 Å². The molecule has 3 rings (SSSR count). The van der Waals surface area contributed by atoms with Gasteiger partial charge in [0, 0.05) is 0 Å². The van der Waals surface area contributed by atoms with Crippen molar-refractivity contribution >= 4 is 5.97 Å². The fourth-order valence-corrected chi connectivity index (χ4v) is 3.76. The molecule has 0 unspecified atom stereocenters. The first-order chi connectivity index (χ1) is 11.5. The SMILES string of the molecule is C=C[C@@H](C(=O)OC)[C@@]1(O)[C@@H]([C@H]2COC(C)(C)O2)O[C@@H]2OC(C)(C)O[C@@H]21. The quantitative estimate of drug-likeness (QED) is 0.581. The topological polar surface area (TPSA) is 92.7 Å². The van der Waals surface area contributed by atoms with Crippen molar-refractivity contribution in [3.63, 3.8) is 0 Å². The molecule has 142 valence electrons. The summed E-state index contributed by atoms with van der Waals surface area (Å²) >= 11 is 0. The van der Waals surface area contributed by atoms with Crippen LogP contribution in [-0.4, -0.2) is 66.6 Å². The lowest BCUT2D eigenvalue weighted by Gasteiger charge is -2.39. The standard InChI is InChI=1S/C17H26O8/c1-7-9(13(18)20-6)17(19)11(10-8-21-15(2,3)23-10)22-14-12(17)24-16(4,5)25-14/h7,9-12,14,19H,1,8H2,2-6H3/t9-,10+,11+,12-,14+,17+/m0/s1. The van der Waals surface area contributed by atoms with E-state index in [1.54, 1.807) is 27.7 Å². The van der Waals surface area contributed by atoms with Gasteiger partial charge in [-0.2, -0.15) is 0 Å². The Bertz CT molecular complexity index is 559. The number of hydrogen-bond acceptors (Lipinski definition) is 8. The molecule has 3 aliphatic rings. The molecule has 8 nitrogen and oxygen atoms in total. The number of rotatable bonds is 4. The first-order valence-electron chi connectivity index (χ1n) is 8.29. The zero-order valence-electron chi connectivity index (χ0n) is 15.2. The summed E-state index contributed by atoms with van der Waals surface area (Å²) in [5.74, 6) is -3.49. The van der Waals surface area contributed by atoms with Gasteiger partial charge in [0.15, 0.2) is 17.9 Å². The molecule has 3 fully saturated rings. The van der Waals surface area contributed by atoms with Crippen molar-refractivity contribution < 1.29 is 38.3 Å². The van der Waals surface area contributed by atoms with Gasteiger partial charge in [-0.15, -0.1) is 6.58 Å². The van der Waals surface area contributed by atoms with E-state index in [4.69, 9.17) is 28.4 Å². The second kappa shape index (κ2) is 6.00. The van der Waals surface area contributed by atoms with Gasteiger partial charge in [0.2, 0.25) is 0 Å². The number of carbonyl (C=O) groups is 1. The maximum absolute atomic E-state index is 12.3. The van der Waals surface area contributed by atoms with E-state index in [2.05, 4.69) is 6.58 Å². The third kappa shape index (κ3) is 3.01. The molecule has 0 aliphatic carbocycles. The molecule has 0 aromatic heterocycles. The van der Waals surface area contributed by atoms with Crippen LogP contribution >= 0.6 is 0 Å². The second-order valence-electron chi connectivity index (χ2n) is 7.47. The first kappa shape index (κ1) is 18.8. The molecule has 3 aliphatic heterocycles. The molecule has 0 radical (unpaired) electrons. The highest BCUT2D eigenvalue weighted by molar-refractivity contribution is 5.76. The van der Waals surface area contributed by atoms with E-state index in [0.29, 0.717) is 0 Å². The van der Waals surface area contributed by atoms with Crippen LogP contribution in [0.2, 0.25) is 0 Å². The summed E-state index contributed by atoms with van der Waals surface area (Å²) in [6.45, 7) is 10.8. The van der Waals surface area contributed by atoms with Crippen molar-refractivity contribution in [3.8, 4) is 0 Å². The summed E-state index contributed by atoms with van der Waals surface area (Å²) in [7, 11) is 1.25. The van der Waals surface area contributed by atoms with E-state index in [1.165, 1.54) is 13.2 Å². The van der Waals surface area contributed by atoms with Gasteiger partial charge in [0.05, 0.1) is 13.7 Å². The molecule has 0 aromatic rings. The molecule has 0 aromatic carbocycles. The number of methoxy groups -OCH3 is 1. The predicted octanol–water partition coefficient (Wildman–Crippen LogP) is 0.721. The zero-order valence-corrected chi connectivity index (χ0v) is 15.2. The van der Waals surface area contributed by atoms with Gasteiger partial charge in [-0.1, -0.05) is 6.08 Å². The highest BCUT2D eigenvalue weighted by Crippen LogP contribution is 2.49. The molecule has 6 atom stereocenters. The maximum atomic E-state index is 12.3. The monoisotopic (exact) mass is 358 g/mol. The Morgan fingerprint density at radius 2 is 1.88 bits per heavy atom. The summed E-state index contributed by atoms with van der Waals surface area (Å²) in [5, 5.41) is 11.6. The Kier molecular flexibility index (Phi) is 4.50. The second-order valence-corrected chi connectivity index (χ2v) is 7.47. The zero-order chi connectivity index (χ0) is 18.6. The van der Waals surface area contributed by atoms with E-state index < -0.39 is 53.7 Å². The molecule has 8 heteroatoms. The van der Waals surface area contributed by atoms with E-state index in [0.717, 1.165) is 0 Å². The number of ether oxygens (including phenoxy) is 6.